The van der Waals surface area contributed by atoms with Crippen LogP contribution in [0.2, 0.25) is 0 Å². The van der Waals surface area contributed by atoms with Crippen LogP contribution in [0.3, 0.4) is 0 Å². The summed E-state index contributed by atoms with van der Waals surface area (Å²) >= 11 is 0. The van der Waals surface area contributed by atoms with E-state index < -0.39 is 0 Å². The molecule has 1 fully saturated rings. The highest BCUT2D eigenvalue weighted by atomic mass is 16.5. The van der Waals surface area contributed by atoms with Gasteiger partial charge in [0.05, 0.1) is 18.3 Å². The van der Waals surface area contributed by atoms with E-state index in [-0.39, 0.29) is 11.8 Å². The molecule has 122 valence electrons. The fourth-order valence-electron chi connectivity index (χ4n) is 3.57. The Hall–Kier alpha value is -1.55. The van der Waals surface area contributed by atoms with Gasteiger partial charge in [-0.3, -0.25) is 9.69 Å². The van der Waals surface area contributed by atoms with Crippen LogP contribution in [0.15, 0.2) is 18.2 Å². The Balaban J connectivity index is 2.18. The number of nitrogens with zero attached hydrogens (tertiary/aromatic N) is 1. The number of hydrogen-bond donors (Lipinski definition) is 1. The maximum Gasteiger partial charge on any atom is 0.179 e. The first-order valence-electron chi connectivity index (χ1n) is 8.29. The van der Waals surface area contributed by atoms with E-state index in [9.17, 15) is 4.79 Å². The molecule has 0 aromatic heterocycles. The van der Waals surface area contributed by atoms with Crippen LogP contribution in [0.1, 0.15) is 57.3 Å². The number of benzene rings is 1. The number of ketones is 1. The Morgan fingerprint density at radius 1 is 1.36 bits per heavy atom. The van der Waals surface area contributed by atoms with Gasteiger partial charge in [-0.2, -0.15) is 0 Å². The lowest BCUT2D eigenvalue weighted by Gasteiger charge is -2.42. The highest BCUT2D eigenvalue weighted by molar-refractivity contribution is 6.00. The van der Waals surface area contributed by atoms with Crippen molar-refractivity contribution in [2.75, 3.05) is 12.3 Å². The van der Waals surface area contributed by atoms with Gasteiger partial charge in [0.1, 0.15) is 5.75 Å². The average molecular weight is 304 g/mol. The Kier molecular flexibility index (Phi) is 5.46. The van der Waals surface area contributed by atoms with Crippen molar-refractivity contribution in [2.45, 2.75) is 65.1 Å². The number of carbonyl (C=O) groups excluding carboxylic acids is 1. The van der Waals surface area contributed by atoms with Crippen molar-refractivity contribution in [2.24, 2.45) is 0 Å². The Morgan fingerprint density at radius 2 is 2.00 bits per heavy atom. The van der Waals surface area contributed by atoms with Crippen molar-refractivity contribution in [3.8, 4) is 5.75 Å². The number of likely N-dealkylation sites (tertiary alicyclic amines) is 1. The van der Waals surface area contributed by atoms with Crippen molar-refractivity contribution in [3.05, 3.63) is 23.8 Å². The Morgan fingerprint density at radius 3 is 2.55 bits per heavy atom. The number of Topliss-reactive ketones (excluding diaryl/α,β-unsaturated/α-hetero) is 1. The van der Waals surface area contributed by atoms with E-state index in [0.717, 1.165) is 12.8 Å². The quantitative estimate of drug-likeness (QED) is 0.668. The van der Waals surface area contributed by atoms with Gasteiger partial charge in [-0.25, -0.2) is 0 Å². The third-order valence-electron chi connectivity index (χ3n) is 4.68. The van der Waals surface area contributed by atoms with E-state index in [1.54, 1.807) is 12.1 Å². The summed E-state index contributed by atoms with van der Waals surface area (Å²) in [6.07, 6.45) is 3.57. The minimum atomic E-state index is -0.123. The van der Waals surface area contributed by atoms with E-state index in [0.29, 0.717) is 35.7 Å². The molecule has 4 heteroatoms. The third-order valence-corrected chi connectivity index (χ3v) is 4.68. The van der Waals surface area contributed by atoms with Crippen LogP contribution in [-0.4, -0.2) is 35.4 Å². The molecule has 2 N–H and O–H groups in total. The van der Waals surface area contributed by atoms with E-state index in [4.69, 9.17) is 10.5 Å². The van der Waals surface area contributed by atoms with Gasteiger partial charge in [-0.1, -0.05) is 6.42 Å². The molecule has 0 spiro atoms. The lowest BCUT2D eigenvalue weighted by atomic mass is 9.93. The molecule has 0 saturated carbocycles. The highest BCUT2D eigenvalue weighted by Crippen LogP contribution is 2.28. The van der Waals surface area contributed by atoms with E-state index in [1.165, 1.54) is 6.42 Å². The summed E-state index contributed by atoms with van der Waals surface area (Å²) in [6, 6.07) is 6.12. The molecule has 3 unspecified atom stereocenters. The van der Waals surface area contributed by atoms with Crippen LogP contribution in [0.5, 0.6) is 5.75 Å². The third kappa shape index (κ3) is 3.43. The number of carbonyl (C=O) groups is 1. The molecule has 0 aliphatic carbocycles. The highest BCUT2D eigenvalue weighted by Gasteiger charge is 2.32. The topological polar surface area (TPSA) is 55.6 Å². The van der Waals surface area contributed by atoms with Gasteiger partial charge < -0.3 is 10.5 Å². The zero-order chi connectivity index (χ0) is 16.3. The molecule has 1 aliphatic heterocycles. The van der Waals surface area contributed by atoms with Gasteiger partial charge in [-0.05, 0) is 58.7 Å². The number of hydrogen-bond acceptors (Lipinski definition) is 4. The summed E-state index contributed by atoms with van der Waals surface area (Å²) in [6.45, 7) is 8.92. The van der Waals surface area contributed by atoms with Crippen LogP contribution in [-0.2, 0) is 0 Å². The second-order valence-electron chi connectivity index (χ2n) is 6.30. The minimum Gasteiger partial charge on any atom is -0.492 e. The first-order chi connectivity index (χ1) is 10.5. The van der Waals surface area contributed by atoms with Gasteiger partial charge in [0.2, 0.25) is 0 Å². The first kappa shape index (κ1) is 16.8. The molecule has 0 radical (unpaired) electrons. The summed E-state index contributed by atoms with van der Waals surface area (Å²) in [5.74, 6) is 0.779. The molecule has 1 saturated heterocycles. The van der Waals surface area contributed by atoms with Crippen LogP contribution in [0.25, 0.3) is 0 Å². The zero-order valence-electron chi connectivity index (χ0n) is 14.1. The molecule has 0 bridgehead atoms. The van der Waals surface area contributed by atoms with Crippen LogP contribution < -0.4 is 10.5 Å². The molecule has 22 heavy (non-hydrogen) atoms. The summed E-state index contributed by atoms with van der Waals surface area (Å²) in [7, 11) is 0. The number of nitrogens with two attached hydrogens (primary N) is 1. The number of ether oxygens (including phenoxy) is 1. The van der Waals surface area contributed by atoms with Crippen molar-refractivity contribution in [1.82, 2.24) is 4.90 Å². The van der Waals surface area contributed by atoms with E-state index in [1.807, 2.05) is 19.9 Å². The Labute approximate surface area is 133 Å². The number of nitrogen functional groups attached to an aromatic ring is 1. The molecule has 0 amide bonds. The van der Waals surface area contributed by atoms with Crippen LogP contribution in [0.4, 0.5) is 5.69 Å². The maximum atomic E-state index is 12.8. The van der Waals surface area contributed by atoms with Gasteiger partial charge in [0.15, 0.2) is 5.78 Å². The van der Waals surface area contributed by atoms with Crippen LogP contribution >= 0.6 is 0 Å². The fraction of sp³-hybridized carbons (Fsp3) is 0.611. The van der Waals surface area contributed by atoms with Gasteiger partial charge >= 0.3 is 0 Å². The van der Waals surface area contributed by atoms with Gasteiger partial charge in [0.25, 0.3) is 0 Å². The van der Waals surface area contributed by atoms with E-state index in [2.05, 4.69) is 18.7 Å². The number of piperidine rings is 1. The predicted molar refractivity (Wildman–Crippen MR) is 90.4 cm³/mol. The second-order valence-corrected chi connectivity index (χ2v) is 6.30. The zero-order valence-corrected chi connectivity index (χ0v) is 14.1. The second kappa shape index (κ2) is 7.14. The fourth-order valence-corrected chi connectivity index (χ4v) is 3.57. The maximum absolute atomic E-state index is 12.8. The molecule has 1 aromatic rings. The lowest BCUT2D eigenvalue weighted by molar-refractivity contribution is 0.0494. The van der Waals surface area contributed by atoms with Gasteiger partial charge in [0, 0.05) is 17.6 Å². The molecule has 1 aromatic carbocycles. The normalized spacial score (nSPS) is 24.0. The SMILES string of the molecule is CCOc1ccc(C(=O)C(C)N2C(C)CCCC2C)cc1N. The number of rotatable bonds is 5. The Bertz CT molecular complexity index is 520. The van der Waals surface area contributed by atoms with Crippen LogP contribution in [0, 0.1) is 0 Å². The lowest BCUT2D eigenvalue weighted by Crippen LogP contribution is -2.51. The largest absolute Gasteiger partial charge is 0.492 e. The smallest absolute Gasteiger partial charge is 0.179 e. The molecule has 1 heterocycles. The van der Waals surface area contributed by atoms with Crippen molar-refractivity contribution in [3.63, 3.8) is 0 Å². The standard InChI is InChI=1S/C18H28N2O2/c1-5-22-17-10-9-15(11-16(17)19)18(21)14(4)20-12(2)7-6-8-13(20)3/h9-14H,5-8,19H2,1-4H3. The predicted octanol–water partition coefficient (Wildman–Crippen LogP) is 3.50. The van der Waals surface area contributed by atoms with Crippen molar-refractivity contribution in [1.29, 1.82) is 0 Å². The van der Waals surface area contributed by atoms with E-state index >= 15 is 0 Å². The molecule has 3 atom stereocenters. The summed E-state index contributed by atoms with van der Waals surface area (Å²) in [5.41, 5.74) is 7.18. The summed E-state index contributed by atoms with van der Waals surface area (Å²) in [4.78, 5) is 15.2. The van der Waals surface area contributed by atoms with Crippen molar-refractivity contribution >= 4 is 11.5 Å². The molecule has 1 aliphatic rings. The minimum absolute atomic E-state index is 0.123. The van der Waals surface area contributed by atoms with Crippen molar-refractivity contribution < 1.29 is 9.53 Å². The monoisotopic (exact) mass is 304 g/mol. The first-order valence-corrected chi connectivity index (χ1v) is 8.29. The molecular formula is C18H28N2O2. The number of anilines is 1. The summed E-state index contributed by atoms with van der Waals surface area (Å²) < 4.78 is 5.44. The molecule has 2 rings (SSSR count). The van der Waals surface area contributed by atoms with Gasteiger partial charge in [-0.15, -0.1) is 0 Å². The summed E-state index contributed by atoms with van der Waals surface area (Å²) in [5, 5.41) is 0. The molecule has 4 nitrogen and oxygen atoms in total. The average Bonchev–Trinajstić information content (AvgIpc) is 2.48. The molecular weight excluding hydrogens is 276 g/mol.